The van der Waals surface area contributed by atoms with Crippen LogP contribution in [0.1, 0.15) is 12.2 Å². The molecule has 1 atom stereocenters. The number of carbonyl (C=O) groups excluding carboxylic acids is 1. The minimum Gasteiger partial charge on any atom is -0.441 e. The van der Waals surface area contributed by atoms with E-state index in [1.54, 1.807) is 12.1 Å². The molecule has 9 heteroatoms. The van der Waals surface area contributed by atoms with Crippen molar-refractivity contribution in [3.63, 3.8) is 0 Å². The number of ether oxygens (including phenoxy) is 1. The number of sulfone groups is 1. The summed E-state index contributed by atoms with van der Waals surface area (Å²) in [7, 11) is -3.09. The first-order valence-corrected chi connectivity index (χ1v) is 9.84. The number of amides is 1. The van der Waals surface area contributed by atoms with Gasteiger partial charge < -0.3 is 19.4 Å². The highest BCUT2D eigenvalue weighted by atomic mass is 32.2. The molecule has 1 amide bonds. The second-order valence-corrected chi connectivity index (χ2v) is 8.25. The van der Waals surface area contributed by atoms with Gasteiger partial charge in [0.15, 0.2) is 15.7 Å². The quantitative estimate of drug-likeness (QED) is 0.604. The summed E-state index contributed by atoms with van der Waals surface area (Å²) in [6, 6.07) is 4.87. The lowest BCUT2D eigenvalue weighted by Gasteiger charge is -2.26. The first kappa shape index (κ1) is 17.5. The van der Waals surface area contributed by atoms with Gasteiger partial charge in [-0.15, -0.1) is 0 Å². The van der Waals surface area contributed by atoms with Gasteiger partial charge in [-0.25, -0.2) is 8.42 Å². The van der Waals surface area contributed by atoms with Crippen molar-refractivity contribution in [1.29, 1.82) is 5.26 Å². The van der Waals surface area contributed by atoms with Gasteiger partial charge in [-0.3, -0.25) is 4.79 Å². The van der Waals surface area contributed by atoms with Gasteiger partial charge in [0.1, 0.15) is 17.4 Å². The molecule has 25 heavy (non-hydrogen) atoms. The fourth-order valence-electron chi connectivity index (χ4n) is 2.84. The molecular formula is C16H19N3O5S. The predicted molar refractivity (Wildman–Crippen MR) is 90.5 cm³/mol. The van der Waals surface area contributed by atoms with Crippen LogP contribution in [0.15, 0.2) is 22.1 Å². The van der Waals surface area contributed by atoms with Crippen LogP contribution in [0, 0.1) is 11.3 Å². The number of nitrogens with zero attached hydrogens (tertiary/aromatic N) is 2. The highest BCUT2D eigenvalue weighted by molar-refractivity contribution is 7.91. The largest absolute Gasteiger partial charge is 0.441 e. The van der Waals surface area contributed by atoms with Crippen LogP contribution in [0.5, 0.6) is 0 Å². The summed E-state index contributed by atoms with van der Waals surface area (Å²) in [5, 5.41) is 11.8. The fraction of sp³-hybridized carbons (Fsp3) is 0.500. The number of nitriles is 1. The van der Waals surface area contributed by atoms with Crippen molar-refractivity contribution in [2.24, 2.45) is 0 Å². The number of hydrogen-bond donors (Lipinski definition) is 1. The minimum atomic E-state index is -3.09. The van der Waals surface area contributed by atoms with Gasteiger partial charge >= 0.3 is 0 Å². The molecule has 0 aromatic carbocycles. The van der Waals surface area contributed by atoms with Crippen molar-refractivity contribution in [2.75, 3.05) is 42.7 Å². The molecule has 1 aromatic heterocycles. The number of hydrogen-bond acceptors (Lipinski definition) is 7. The smallest absolute Gasteiger partial charge is 0.262 e. The lowest BCUT2D eigenvalue weighted by Crippen LogP contribution is -2.36. The highest BCUT2D eigenvalue weighted by Crippen LogP contribution is 2.21. The molecule has 0 radical (unpaired) electrons. The zero-order valence-electron chi connectivity index (χ0n) is 13.6. The van der Waals surface area contributed by atoms with Gasteiger partial charge in [0.25, 0.3) is 5.91 Å². The molecule has 134 valence electrons. The zero-order valence-corrected chi connectivity index (χ0v) is 14.4. The Labute approximate surface area is 146 Å². The van der Waals surface area contributed by atoms with Gasteiger partial charge in [-0.2, -0.15) is 5.26 Å². The van der Waals surface area contributed by atoms with Gasteiger partial charge in [0.2, 0.25) is 0 Å². The molecule has 0 unspecified atom stereocenters. The molecule has 0 aliphatic carbocycles. The average molecular weight is 365 g/mol. The van der Waals surface area contributed by atoms with E-state index in [9.17, 15) is 18.5 Å². The summed E-state index contributed by atoms with van der Waals surface area (Å²) in [5.74, 6) is 0.444. The number of carbonyl (C=O) groups is 1. The third-order valence-electron chi connectivity index (χ3n) is 4.15. The van der Waals surface area contributed by atoms with Crippen molar-refractivity contribution >= 4 is 27.7 Å². The van der Waals surface area contributed by atoms with Crippen LogP contribution in [0.2, 0.25) is 0 Å². The summed E-state index contributed by atoms with van der Waals surface area (Å²) in [6.07, 6.45) is 1.73. The van der Waals surface area contributed by atoms with Crippen LogP contribution in [0.4, 0.5) is 5.88 Å². The van der Waals surface area contributed by atoms with Crippen molar-refractivity contribution < 1.29 is 22.4 Å². The summed E-state index contributed by atoms with van der Waals surface area (Å²) in [4.78, 5) is 14.2. The summed E-state index contributed by atoms with van der Waals surface area (Å²) in [6.45, 7) is 2.70. The molecule has 2 aliphatic rings. The molecule has 8 nitrogen and oxygen atoms in total. The maximum absolute atomic E-state index is 12.2. The molecular weight excluding hydrogens is 346 g/mol. The van der Waals surface area contributed by atoms with E-state index in [0.29, 0.717) is 31.3 Å². The lowest BCUT2D eigenvalue weighted by atomic mass is 10.2. The lowest BCUT2D eigenvalue weighted by molar-refractivity contribution is -0.117. The Morgan fingerprint density at radius 3 is 2.76 bits per heavy atom. The monoisotopic (exact) mass is 365 g/mol. The number of anilines is 1. The van der Waals surface area contributed by atoms with E-state index in [1.807, 2.05) is 11.0 Å². The third kappa shape index (κ3) is 4.41. The maximum atomic E-state index is 12.2. The Kier molecular flexibility index (Phi) is 5.11. The Morgan fingerprint density at radius 1 is 1.36 bits per heavy atom. The molecule has 2 saturated heterocycles. The number of rotatable bonds is 4. The summed E-state index contributed by atoms with van der Waals surface area (Å²) < 4.78 is 33.9. The van der Waals surface area contributed by atoms with Crippen LogP contribution in [-0.2, 0) is 19.4 Å². The Bertz CT molecular complexity index is 815. The number of furan rings is 1. The van der Waals surface area contributed by atoms with Crippen LogP contribution in [0.3, 0.4) is 0 Å². The van der Waals surface area contributed by atoms with Crippen molar-refractivity contribution in [1.82, 2.24) is 5.32 Å². The molecule has 1 aromatic rings. The van der Waals surface area contributed by atoms with Gasteiger partial charge in [0, 0.05) is 31.3 Å². The van der Waals surface area contributed by atoms with Crippen molar-refractivity contribution in [2.45, 2.75) is 12.5 Å². The number of nitrogens with one attached hydrogen (secondary N) is 1. The van der Waals surface area contributed by atoms with E-state index >= 15 is 0 Å². The van der Waals surface area contributed by atoms with E-state index in [-0.39, 0.29) is 17.1 Å². The standard InChI is InChI=1S/C16H19N3O5S/c17-10-12(16(20)18-13-3-8-25(21,22)11-13)9-14-1-2-15(24-14)19-4-6-23-7-5-19/h1-2,9,13H,3-8,11H2,(H,18,20)/b12-9-/t13-/m1/s1. The molecule has 3 heterocycles. The van der Waals surface area contributed by atoms with Crippen molar-refractivity contribution in [3.8, 4) is 6.07 Å². The second-order valence-electron chi connectivity index (χ2n) is 6.02. The SMILES string of the molecule is N#C/C(=C/c1ccc(N2CCOCC2)o1)C(=O)N[C@@H]1CCS(=O)(=O)C1. The third-order valence-corrected chi connectivity index (χ3v) is 5.92. The zero-order chi connectivity index (χ0) is 17.9. The van der Waals surface area contributed by atoms with E-state index < -0.39 is 21.8 Å². The Morgan fingerprint density at radius 2 is 2.12 bits per heavy atom. The second kappa shape index (κ2) is 7.29. The average Bonchev–Trinajstić information content (AvgIpc) is 3.19. The topological polar surface area (TPSA) is 113 Å². The van der Waals surface area contributed by atoms with Gasteiger partial charge in [-0.1, -0.05) is 0 Å². The maximum Gasteiger partial charge on any atom is 0.262 e. The van der Waals surface area contributed by atoms with Gasteiger partial charge in [-0.05, 0) is 12.5 Å². The predicted octanol–water partition coefficient (Wildman–Crippen LogP) is 0.326. The van der Waals surface area contributed by atoms with Crippen LogP contribution in [0.25, 0.3) is 6.08 Å². The van der Waals surface area contributed by atoms with E-state index in [4.69, 9.17) is 9.15 Å². The minimum absolute atomic E-state index is 0.0602. The fourth-order valence-corrected chi connectivity index (χ4v) is 4.51. The Balaban J connectivity index is 1.67. The first-order chi connectivity index (χ1) is 12.0. The van der Waals surface area contributed by atoms with Gasteiger partial charge in [0.05, 0.1) is 24.7 Å². The van der Waals surface area contributed by atoms with E-state index in [0.717, 1.165) is 13.1 Å². The van der Waals surface area contributed by atoms with E-state index in [2.05, 4.69) is 5.32 Å². The van der Waals surface area contributed by atoms with Crippen LogP contribution < -0.4 is 10.2 Å². The van der Waals surface area contributed by atoms with Crippen LogP contribution in [-0.4, -0.2) is 58.2 Å². The molecule has 3 rings (SSSR count). The molecule has 0 bridgehead atoms. The molecule has 2 aliphatic heterocycles. The van der Waals surface area contributed by atoms with E-state index in [1.165, 1.54) is 6.08 Å². The molecule has 2 fully saturated rings. The normalized spacial score (nSPS) is 23.2. The first-order valence-electron chi connectivity index (χ1n) is 8.02. The number of morpholine rings is 1. The Hall–Kier alpha value is -2.31. The summed E-state index contributed by atoms with van der Waals surface area (Å²) >= 11 is 0. The van der Waals surface area contributed by atoms with Crippen molar-refractivity contribution in [3.05, 3.63) is 23.5 Å². The molecule has 1 N–H and O–H groups in total. The van der Waals surface area contributed by atoms with Crippen LogP contribution >= 0.6 is 0 Å². The molecule has 0 spiro atoms. The summed E-state index contributed by atoms with van der Waals surface area (Å²) in [5.41, 5.74) is -0.118. The highest BCUT2D eigenvalue weighted by Gasteiger charge is 2.29. The molecule has 0 saturated carbocycles.